The van der Waals surface area contributed by atoms with Gasteiger partial charge in [0.1, 0.15) is 11.5 Å². The van der Waals surface area contributed by atoms with E-state index in [9.17, 15) is 0 Å². The van der Waals surface area contributed by atoms with Crippen LogP contribution < -0.4 is 9.47 Å². The third kappa shape index (κ3) is 3.29. The minimum atomic E-state index is 0.862. The van der Waals surface area contributed by atoms with Gasteiger partial charge in [-0.05, 0) is 74.5 Å². The topological polar surface area (TPSA) is 28.3 Å². The van der Waals surface area contributed by atoms with Gasteiger partial charge in [-0.25, -0.2) is 0 Å². The first-order valence-electron chi connectivity index (χ1n) is 9.26. The summed E-state index contributed by atoms with van der Waals surface area (Å²) in [5, 5.41) is 0. The van der Waals surface area contributed by atoms with Crippen molar-refractivity contribution in [3.05, 3.63) is 84.4 Å². The summed E-state index contributed by atoms with van der Waals surface area (Å²) in [6, 6.07) is 20.7. The molecule has 0 saturated carbocycles. The molecule has 0 saturated heterocycles. The van der Waals surface area contributed by atoms with Gasteiger partial charge >= 0.3 is 0 Å². The number of benzene rings is 2. The summed E-state index contributed by atoms with van der Waals surface area (Å²) in [6.07, 6.45) is 4.37. The van der Waals surface area contributed by atoms with E-state index in [0.717, 1.165) is 22.9 Å². The molecule has 0 unspecified atom stereocenters. The standard InChI is InChI=1S/C24H24N2O2/c1-17-13-19(15-25(17)21-5-9-23(27-3)10-6-21)20-14-18(2)26(16-20)22-7-11-24(28-4)12-8-22/h5-16H,1-4H3. The lowest BCUT2D eigenvalue weighted by atomic mass is 10.2. The molecule has 0 N–H and O–H groups in total. The van der Waals surface area contributed by atoms with Crippen LogP contribution in [0.5, 0.6) is 11.5 Å². The maximum Gasteiger partial charge on any atom is 0.119 e. The number of aryl methyl sites for hydroxylation is 2. The second kappa shape index (κ2) is 7.31. The van der Waals surface area contributed by atoms with E-state index in [1.54, 1.807) is 14.2 Å². The fourth-order valence-electron chi connectivity index (χ4n) is 3.50. The smallest absolute Gasteiger partial charge is 0.119 e. The van der Waals surface area contributed by atoms with E-state index in [1.165, 1.54) is 22.5 Å². The molecule has 0 aliphatic carbocycles. The summed E-state index contributed by atoms with van der Waals surface area (Å²) in [5.74, 6) is 1.72. The molecule has 0 aliphatic heterocycles. The Hall–Kier alpha value is -3.40. The number of hydrogen-bond donors (Lipinski definition) is 0. The number of nitrogens with zero attached hydrogens (tertiary/aromatic N) is 2. The Morgan fingerprint density at radius 2 is 0.929 bits per heavy atom. The molecule has 2 aromatic carbocycles. The van der Waals surface area contributed by atoms with E-state index < -0.39 is 0 Å². The van der Waals surface area contributed by atoms with Crippen molar-refractivity contribution >= 4 is 0 Å². The second-order valence-corrected chi connectivity index (χ2v) is 6.88. The molecule has 2 aromatic heterocycles. The summed E-state index contributed by atoms with van der Waals surface area (Å²) in [7, 11) is 3.37. The molecule has 4 rings (SSSR count). The molecule has 0 fully saturated rings. The number of hydrogen-bond acceptors (Lipinski definition) is 2. The zero-order chi connectivity index (χ0) is 19.7. The zero-order valence-corrected chi connectivity index (χ0v) is 16.6. The number of rotatable bonds is 5. The van der Waals surface area contributed by atoms with Gasteiger partial charge in [0.05, 0.1) is 14.2 Å². The Labute approximate surface area is 165 Å². The Morgan fingerprint density at radius 3 is 1.25 bits per heavy atom. The number of ether oxygens (including phenoxy) is 2. The summed E-state index contributed by atoms with van der Waals surface area (Å²) in [6.45, 7) is 4.25. The van der Waals surface area contributed by atoms with E-state index in [-0.39, 0.29) is 0 Å². The largest absolute Gasteiger partial charge is 0.497 e. The summed E-state index contributed by atoms with van der Waals surface area (Å²) in [4.78, 5) is 0. The van der Waals surface area contributed by atoms with Crippen LogP contribution in [-0.2, 0) is 0 Å². The van der Waals surface area contributed by atoms with Gasteiger partial charge in [0.15, 0.2) is 0 Å². The van der Waals surface area contributed by atoms with Crippen molar-refractivity contribution in [2.24, 2.45) is 0 Å². The van der Waals surface area contributed by atoms with Crippen molar-refractivity contribution in [1.29, 1.82) is 0 Å². The van der Waals surface area contributed by atoms with Crippen LogP contribution in [0.1, 0.15) is 11.4 Å². The SMILES string of the molecule is COc1ccc(-n2cc(-c3cc(C)n(-c4ccc(OC)cc4)c3)cc2C)cc1. The average molecular weight is 372 g/mol. The lowest BCUT2D eigenvalue weighted by Gasteiger charge is -2.07. The van der Waals surface area contributed by atoms with Crippen LogP contribution in [0, 0.1) is 13.8 Å². The lowest BCUT2D eigenvalue weighted by Crippen LogP contribution is -1.94. The zero-order valence-electron chi connectivity index (χ0n) is 16.6. The Bertz CT molecular complexity index is 997. The van der Waals surface area contributed by atoms with Crippen LogP contribution in [0.3, 0.4) is 0 Å². The van der Waals surface area contributed by atoms with Crippen LogP contribution in [0.25, 0.3) is 22.5 Å². The highest BCUT2D eigenvalue weighted by molar-refractivity contribution is 5.66. The van der Waals surface area contributed by atoms with E-state index in [4.69, 9.17) is 9.47 Å². The first-order chi connectivity index (χ1) is 13.6. The van der Waals surface area contributed by atoms with Gasteiger partial charge in [0.25, 0.3) is 0 Å². The predicted molar refractivity (Wildman–Crippen MR) is 113 cm³/mol. The summed E-state index contributed by atoms with van der Waals surface area (Å²) < 4.78 is 14.9. The Kier molecular flexibility index (Phi) is 4.70. The fraction of sp³-hybridized carbons (Fsp3) is 0.167. The Morgan fingerprint density at radius 1 is 0.571 bits per heavy atom. The predicted octanol–water partition coefficient (Wildman–Crippen LogP) is 5.57. The van der Waals surface area contributed by atoms with Crippen LogP contribution in [0.2, 0.25) is 0 Å². The van der Waals surface area contributed by atoms with Crippen LogP contribution >= 0.6 is 0 Å². The van der Waals surface area contributed by atoms with Crippen molar-refractivity contribution in [3.8, 4) is 34.0 Å². The molecular formula is C24H24N2O2. The molecule has 4 heteroatoms. The second-order valence-electron chi connectivity index (χ2n) is 6.88. The van der Waals surface area contributed by atoms with Crippen LogP contribution in [0.15, 0.2) is 73.1 Å². The third-order valence-corrected chi connectivity index (χ3v) is 5.06. The van der Waals surface area contributed by atoms with Crippen molar-refractivity contribution in [1.82, 2.24) is 9.13 Å². The first-order valence-corrected chi connectivity index (χ1v) is 9.26. The van der Waals surface area contributed by atoms with Crippen molar-refractivity contribution in [3.63, 3.8) is 0 Å². The van der Waals surface area contributed by atoms with Crippen LogP contribution in [0.4, 0.5) is 0 Å². The molecule has 0 bridgehead atoms. The quantitative estimate of drug-likeness (QED) is 0.458. The molecule has 0 spiro atoms. The third-order valence-electron chi connectivity index (χ3n) is 5.06. The van der Waals surface area contributed by atoms with Crippen LogP contribution in [-0.4, -0.2) is 23.4 Å². The molecule has 28 heavy (non-hydrogen) atoms. The highest BCUT2D eigenvalue weighted by Crippen LogP contribution is 2.29. The highest BCUT2D eigenvalue weighted by atomic mass is 16.5. The van der Waals surface area contributed by atoms with Gasteiger partial charge in [-0.3, -0.25) is 0 Å². The summed E-state index contributed by atoms with van der Waals surface area (Å²) in [5.41, 5.74) is 7.02. The van der Waals surface area contributed by atoms with Crippen molar-refractivity contribution < 1.29 is 9.47 Å². The first kappa shape index (κ1) is 18.0. The minimum absolute atomic E-state index is 0.862. The maximum absolute atomic E-state index is 5.26. The average Bonchev–Trinajstić information content (AvgIpc) is 3.31. The maximum atomic E-state index is 5.26. The molecule has 2 heterocycles. The molecule has 4 nitrogen and oxygen atoms in total. The molecule has 142 valence electrons. The highest BCUT2D eigenvalue weighted by Gasteiger charge is 2.11. The fourth-order valence-corrected chi connectivity index (χ4v) is 3.50. The van der Waals surface area contributed by atoms with E-state index in [2.05, 4.69) is 71.8 Å². The monoisotopic (exact) mass is 372 g/mol. The van der Waals surface area contributed by atoms with E-state index in [1.807, 2.05) is 24.3 Å². The van der Waals surface area contributed by atoms with Crippen molar-refractivity contribution in [2.75, 3.05) is 14.2 Å². The number of methoxy groups -OCH3 is 2. The minimum Gasteiger partial charge on any atom is -0.497 e. The molecular weight excluding hydrogens is 348 g/mol. The molecule has 0 atom stereocenters. The molecule has 0 aliphatic rings. The molecule has 0 radical (unpaired) electrons. The van der Waals surface area contributed by atoms with Gasteiger partial charge in [-0.15, -0.1) is 0 Å². The van der Waals surface area contributed by atoms with Crippen molar-refractivity contribution in [2.45, 2.75) is 13.8 Å². The molecule has 4 aromatic rings. The van der Waals surface area contributed by atoms with E-state index in [0.29, 0.717) is 0 Å². The van der Waals surface area contributed by atoms with Gasteiger partial charge in [-0.1, -0.05) is 0 Å². The van der Waals surface area contributed by atoms with Gasteiger partial charge in [0.2, 0.25) is 0 Å². The van der Waals surface area contributed by atoms with Gasteiger partial charge in [0, 0.05) is 46.3 Å². The number of aromatic nitrogens is 2. The van der Waals surface area contributed by atoms with Gasteiger partial charge < -0.3 is 18.6 Å². The summed E-state index contributed by atoms with van der Waals surface area (Å²) >= 11 is 0. The normalized spacial score (nSPS) is 10.9. The lowest BCUT2D eigenvalue weighted by molar-refractivity contribution is 0.414. The molecule has 0 amide bonds. The Balaban J connectivity index is 1.68. The van der Waals surface area contributed by atoms with Gasteiger partial charge in [-0.2, -0.15) is 0 Å². The van der Waals surface area contributed by atoms with E-state index >= 15 is 0 Å².